The van der Waals surface area contributed by atoms with Gasteiger partial charge in [0.2, 0.25) is 11.8 Å². The number of furan rings is 1. The lowest BCUT2D eigenvalue weighted by Crippen LogP contribution is -2.49. The molecule has 0 radical (unpaired) electrons. The summed E-state index contributed by atoms with van der Waals surface area (Å²) in [5, 5.41) is 0.578. The van der Waals surface area contributed by atoms with Crippen LogP contribution < -0.4 is 15.4 Å². The van der Waals surface area contributed by atoms with Crippen LogP contribution in [0.2, 0.25) is 0 Å². The quantitative estimate of drug-likeness (QED) is 0.203. The van der Waals surface area contributed by atoms with Crippen LogP contribution in [0.15, 0.2) is 64.1 Å². The number of carbonyl (C=O) groups is 2. The fourth-order valence-electron chi connectivity index (χ4n) is 6.27. The Kier molecular flexibility index (Phi) is 8.85. The zero-order chi connectivity index (χ0) is 32.6. The zero-order valence-corrected chi connectivity index (χ0v) is 27.4. The summed E-state index contributed by atoms with van der Waals surface area (Å²) in [6.45, 7) is 10.9. The number of hydrogen-bond acceptors (Lipinski definition) is 7. The summed E-state index contributed by atoms with van der Waals surface area (Å²) in [6.07, 6.45) is 5.77. The fraction of sp³-hybridized carbons (Fsp3) is 0.444. The van der Waals surface area contributed by atoms with Gasteiger partial charge < -0.3 is 23.5 Å². The first-order chi connectivity index (χ1) is 22.1. The molecule has 0 spiro atoms. The minimum absolute atomic E-state index is 0.0766. The van der Waals surface area contributed by atoms with E-state index in [0.717, 1.165) is 41.0 Å². The lowest BCUT2D eigenvalue weighted by atomic mass is 9.90. The summed E-state index contributed by atoms with van der Waals surface area (Å²) < 4.78 is 12.8. The van der Waals surface area contributed by atoms with Gasteiger partial charge >= 0.3 is 0 Å². The third-order valence-corrected chi connectivity index (χ3v) is 9.19. The molecule has 3 aromatic heterocycles. The standard InChI is InChI=1S/C36H43N5O5/c1-24-19-29-32(46-24)12-14-39(33(29)42)16-15-38(23-28-7-6-13-37-25(28)2)21-27-10-11-30-31(20-27)40(17-18-45-5)34(43)36(3,4)35(44)41(30)22-26-8-9-26/h6-7,10-14,19-20,26H,8-9,15-18,21-23H2,1-5H3. The first kappa shape index (κ1) is 31.7. The maximum absolute atomic E-state index is 14.0. The molecule has 0 atom stereocenters. The maximum atomic E-state index is 14.0. The summed E-state index contributed by atoms with van der Waals surface area (Å²) >= 11 is 0. The van der Waals surface area contributed by atoms with Crippen LogP contribution in [0.5, 0.6) is 0 Å². The van der Waals surface area contributed by atoms with E-state index in [2.05, 4.69) is 22.0 Å². The molecular formula is C36H43N5O5. The van der Waals surface area contributed by atoms with Gasteiger partial charge in [0.1, 0.15) is 16.8 Å². The molecule has 1 aromatic carbocycles. The predicted molar refractivity (Wildman–Crippen MR) is 178 cm³/mol. The van der Waals surface area contributed by atoms with E-state index in [9.17, 15) is 14.4 Å². The Morgan fingerprint density at radius 1 is 0.978 bits per heavy atom. The molecule has 0 N–H and O–H groups in total. The molecule has 6 rings (SSSR count). The molecule has 4 aromatic rings. The number of benzene rings is 1. The number of methoxy groups -OCH3 is 1. The summed E-state index contributed by atoms with van der Waals surface area (Å²) in [5.74, 6) is 0.779. The predicted octanol–water partition coefficient (Wildman–Crippen LogP) is 5.07. The highest BCUT2D eigenvalue weighted by molar-refractivity contribution is 6.20. The summed E-state index contributed by atoms with van der Waals surface area (Å²) in [7, 11) is 1.62. The zero-order valence-electron chi connectivity index (χ0n) is 27.4. The van der Waals surface area contributed by atoms with E-state index < -0.39 is 5.41 Å². The van der Waals surface area contributed by atoms with Crippen LogP contribution in [0, 0.1) is 25.2 Å². The van der Waals surface area contributed by atoms with Crippen LogP contribution in [-0.2, 0) is 34.0 Å². The molecule has 1 aliphatic carbocycles. The molecule has 2 aliphatic rings. The normalized spacial score (nSPS) is 16.4. The monoisotopic (exact) mass is 625 g/mol. The molecule has 4 heterocycles. The summed E-state index contributed by atoms with van der Waals surface area (Å²) in [4.78, 5) is 51.4. The van der Waals surface area contributed by atoms with Gasteiger partial charge in [0.25, 0.3) is 5.56 Å². The molecule has 2 amide bonds. The van der Waals surface area contributed by atoms with Crippen molar-refractivity contribution in [1.82, 2.24) is 14.5 Å². The van der Waals surface area contributed by atoms with Gasteiger partial charge in [-0.25, -0.2) is 0 Å². The van der Waals surface area contributed by atoms with E-state index in [0.29, 0.717) is 68.5 Å². The number of fused-ring (bicyclic) bond motifs is 2. The second-order valence-corrected chi connectivity index (χ2v) is 13.2. The maximum Gasteiger partial charge on any atom is 0.261 e. The molecule has 0 unspecified atom stereocenters. The third-order valence-electron chi connectivity index (χ3n) is 9.19. The highest BCUT2D eigenvalue weighted by Gasteiger charge is 2.47. The number of pyridine rings is 2. The largest absolute Gasteiger partial charge is 0.461 e. The number of anilines is 2. The van der Waals surface area contributed by atoms with E-state index in [-0.39, 0.29) is 17.4 Å². The second-order valence-electron chi connectivity index (χ2n) is 13.2. The number of rotatable bonds is 12. The van der Waals surface area contributed by atoms with Gasteiger partial charge in [-0.1, -0.05) is 12.1 Å². The van der Waals surface area contributed by atoms with E-state index in [1.165, 1.54) is 0 Å². The Balaban J connectivity index is 1.34. The van der Waals surface area contributed by atoms with Crippen molar-refractivity contribution in [2.75, 3.05) is 43.2 Å². The summed E-state index contributed by atoms with van der Waals surface area (Å²) in [6, 6.07) is 13.7. The van der Waals surface area contributed by atoms with E-state index in [4.69, 9.17) is 9.15 Å². The molecule has 0 bridgehead atoms. The van der Waals surface area contributed by atoms with Gasteiger partial charge in [0, 0.05) is 64.5 Å². The van der Waals surface area contributed by atoms with Crippen molar-refractivity contribution >= 4 is 34.2 Å². The highest BCUT2D eigenvalue weighted by Crippen LogP contribution is 2.42. The molecule has 1 saturated carbocycles. The molecule has 1 fully saturated rings. The average molecular weight is 626 g/mol. The van der Waals surface area contributed by atoms with Crippen LogP contribution in [-0.4, -0.2) is 59.6 Å². The summed E-state index contributed by atoms with van der Waals surface area (Å²) in [5.41, 5.74) is 3.87. The molecule has 1 aliphatic heterocycles. The number of nitrogens with zero attached hydrogens (tertiary/aromatic N) is 5. The van der Waals surface area contributed by atoms with Crippen molar-refractivity contribution in [2.24, 2.45) is 11.3 Å². The fourth-order valence-corrected chi connectivity index (χ4v) is 6.27. The topological polar surface area (TPSA) is 101 Å². The number of amides is 2. The number of aryl methyl sites for hydroxylation is 2. The van der Waals surface area contributed by atoms with Gasteiger partial charge in [-0.15, -0.1) is 0 Å². The number of aromatic nitrogens is 2. The van der Waals surface area contributed by atoms with E-state index in [1.54, 1.807) is 48.9 Å². The van der Waals surface area contributed by atoms with Gasteiger partial charge in [-0.05, 0) is 87.9 Å². The highest BCUT2D eigenvalue weighted by atomic mass is 16.5. The lowest BCUT2D eigenvalue weighted by molar-refractivity contribution is -0.137. The molecule has 46 heavy (non-hydrogen) atoms. The first-order valence-electron chi connectivity index (χ1n) is 16.0. The second kappa shape index (κ2) is 12.8. The minimum Gasteiger partial charge on any atom is -0.461 e. The molecule has 10 heteroatoms. The van der Waals surface area contributed by atoms with Crippen LogP contribution >= 0.6 is 0 Å². The average Bonchev–Trinajstić information content (AvgIpc) is 3.78. The number of ether oxygens (including phenoxy) is 1. The van der Waals surface area contributed by atoms with Crippen LogP contribution in [0.3, 0.4) is 0 Å². The van der Waals surface area contributed by atoms with Crippen molar-refractivity contribution in [2.45, 2.75) is 60.2 Å². The van der Waals surface area contributed by atoms with E-state index in [1.807, 2.05) is 43.0 Å². The Labute approximate surface area is 269 Å². The lowest BCUT2D eigenvalue weighted by Gasteiger charge is -2.28. The number of hydrogen-bond donors (Lipinski definition) is 0. The van der Waals surface area contributed by atoms with Gasteiger partial charge in [-0.3, -0.25) is 24.3 Å². The molecule has 10 nitrogen and oxygen atoms in total. The number of carbonyl (C=O) groups excluding carboxylic acids is 2. The van der Waals surface area contributed by atoms with Crippen molar-refractivity contribution in [3.63, 3.8) is 0 Å². The minimum atomic E-state index is -1.20. The van der Waals surface area contributed by atoms with Crippen LogP contribution in [0.25, 0.3) is 11.0 Å². The van der Waals surface area contributed by atoms with Crippen molar-refractivity contribution in [1.29, 1.82) is 0 Å². The van der Waals surface area contributed by atoms with Gasteiger partial charge in [-0.2, -0.15) is 0 Å². The van der Waals surface area contributed by atoms with Crippen molar-refractivity contribution < 1.29 is 18.7 Å². The molecule has 0 saturated heterocycles. The Bertz CT molecular complexity index is 1820. The van der Waals surface area contributed by atoms with Crippen LogP contribution in [0.4, 0.5) is 11.4 Å². The van der Waals surface area contributed by atoms with Crippen LogP contribution in [0.1, 0.15) is 49.3 Å². The first-order valence-corrected chi connectivity index (χ1v) is 16.0. The molecular weight excluding hydrogens is 582 g/mol. The van der Waals surface area contributed by atoms with Gasteiger partial charge in [0.15, 0.2) is 0 Å². The van der Waals surface area contributed by atoms with Gasteiger partial charge in [0.05, 0.1) is 23.4 Å². The SMILES string of the molecule is COCCN1C(=O)C(C)(C)C(=O)N(CC2CC2)c2ccc(CN(CCn3ccc4oc(C)cc4c3=O)Cc3cccnc3C)cc21. The Hall–Kier alpha value is -4.28. The van der Waals surface area contributed by atoms with Crippen molar-refractivity contribution in [3.8, 4) is 0 Å². The molecule has 242 valence electrons. The smallest absolute Gasteiger partial charge is 0.261 e. The van der Waals surface area contributed by atoms with Crippen molar-refractivity contribution in [3.05, 3.63) is 87.8 Å². The van der Waals surface area contributed by atoms with E-state index >= 15 is 0 Å². The Morgan fingerprint density at radius 2 is 1.76 bits per heavy atom. The Morgan fingerprint density at radius 3 is 2.50 bits per heavy atom. The third kappa shape index (κ3) is 6.37.